The Morgan fingerprint density at radius 2 is 2.24 bits per heavy atom. The van der Waals surface area contributed by atoms with Crippen LogP contribution < -0.4 is 5.32 Å². The lowest BCUT2D eigenvalue weighted by atomic mass is 9.97. The van der Waals surface area contributed by atoms with Gasteiger partial charge in [0.25, 0.3) is 0 Å². The van der Waals surface area contributed by atoms with Crippen molar-refractivity contribution in [1.29, 1.82) is 0 Å². The molecule has 0 aromatic rings. The minimum absolute atomic E-state index is 0.109. The summed E-state index contributed by atoms with van der Waals surface area (Å²) in [5.74, 6) is 0.314. The SMILES string of the molecule is CCC1OCCC1CNC(C)C(C)C(=O)OC. The summed E-state index contributed by atoms with van der Waals surface area (Å²) in [4.78, 5) is 11.4. The summed E-state index contributed by atoms with van der Waals surface area (Å²) in [5, 5.41) is 3.42. The van der Waals surface area contributed by atoms with E-state index in [2.05, 4.69) is 12.2 Å². The first-order valence-electron chi connectivity index (χ1n) is 6.52. The highest BCUT2D eigenvalue weighted by Crippen LogP contribution is 2.22. The Balaban J connectivity index is 2.32. The average Bonchev–Trinajstić information content (AvgIpc) is 2.81. The molecule has 1 N–H and O–H groups in total. The van der Waals surface area contributed by atoms with E-state index < -0.39 is 0 Å². The molecule has 100 valence electrons. The van der Waals surface area contributed by atoms with Crippen molar-refractivity contribution in [3.05, 3.63) is 0 Å². The lowest BCUT2D eigenvalue weighted by Crippen LogP contribution is -2.40. The number of hydrogen-bond donors (Lipinski definition) is 1. The van der Waals surface area contributed by atoms with E-state index in [-0.39, 0.29) is 17.9 Å². The van der Waals surface area contributed by atoms with Crippen LogP contribution in [-0.2, 0) is 14.3 Å². The Hall–Kier alpha value is -0.610. The highest BCUT2D eigenvalue weighted by molar-refractivity contribution is 5.72. The molecule has 4 nitrogen and oxygen atoms in total. The standard InChI is InChI=1S/C13H25NO3/c1-5-12-11(6-7-17-12)8-14-10(3)9(2)13(15)16-4/h9-12,14H,5-8H2,1-4H3. The zero-order chi connectivity index (χ0) is 12.8. The molecule has 1 fully saturated rings. The first-order chi connectivity index (χ1) is 8.10. The van der Waals surface area contributed by atoms with Gasteiger partial charge in [0.15, 0.2) is 0 Å². The van der Waals surface area contributed by atoms with Crippen LogP contribution in [0.15, 0.2) is 0 Å². The fraction of sp³-hybridized carbons (Fsp3) is 0.923. The van der Waals surface area contributed by atoms with Crippen molar-refractivity contribution in [2.24, 2.45) is 11.8 Å². The maximum Gasteiger partial charge on any atom is 0.309 e. The van der Waals surface area contributed by atoms with Crippen LogP contribution in [0.1, 0.15) is 33.6 Å². The number of ether oxygens (including phenoxy) is 2. The van der Waals surface area contributed by atoms with E-state index in [1.54, 1.807) is 0 Å². The van der Waals surface area contributed by atoms with Crippen molar-refractivity contribution in [3.63, 3.8) is 0 Å². The molecule has 1 aliphatic heterocycles. The van der Waals surface area contributed by atoms with Crippen molar-refractivity contribution in [2.75, 3.05) is 20.3 Å². The van der Waals surface area contributed by atoms with Crippen LogP contribution in [0, 0.1) is 11.8 Å². The minimum Gasteiger partial charge on any atom is -0.469 e. The lowest BCUT2D eigenvalue weighted by molar-refractivity contribution is -0.145. The molecule has 4 atom stereocenters. The van der Waals surface area contributed by atoms with E-state index >= 15 is 0 Å². The molecule has 0 spiro atoms. The van der Waals surface area contributed by atoms with Crippen LogP contribution in [0.25, 0.3) is 0 Å². The third kappa shape index (κ3) is 3.96. The van der Waals surface area contributed by atoms with Gasteiger partial charge in [-0.2, -0.15) is 0 Å². The maximum atomic E-state index is 11.4. The number of hydrogen-bond acceptors (Lipinski definition) is 4. The molecule has 0 amide bonds. The Kier molecular flexibility index (Phi) is 5.92. The number of carbonyl (C=O) groups is 1. The molecule has 1 aliphatic rings. The maximum absolute atomic E-state index is 11.4. The molecule has 1 saturated heterocycles. The first kappa shape index (κ1) is 14.5. The molecular weight excluding hydrogens is 218 g/mol. The minimum atomic E-state index is -0.153. The van der Waals surface area contributed by atoms with Gasteiger partial charge in [-0.25, -0.2) is 0 Å². The number of methoxy groups -OCH3 is 1. The molecule has 0 radical (unpaired) electrons. The summed E-state index contributed by atoms with van der Waals surface area (Å²) in [6, 6.07) is 0.139. The quantitative estimate of drug-likeness (QED) is 0.720. The first-order valence-corrected chi connectivity index (χ1v) is 6.52. The van der Waals surface area contributed by atoms with Gasteiger partial charge in [0, 0.05) is 19.2 Å². The molecule has 4 unspecified atom stereocenters. The summed E-state index contributed by atoms with van der Waals surface area (Å²) in [6.45, 7) is 7.86. The number of carbonyl (C=O) groups excluding carboxylic acids is 1. The van der Waals surface area contributed by atoms with E-state index in [0.29, 0.717) is 12.0 Å². The molecular formula is C13H25NO3. The van der Waals surface area contributed by atoms with E-state index in [0.717, 1.165) is 26.0 Å². The van der Waals surface area contributed by atoms with E-state index in [1.807, 2.05) is 13.8 Å². The van der Waals surface area contributed by atoms with Crippen LogP contribution >= 0.6 is 0 Å². The van der Waals surface area contributed by atoms with Gasteiger partial charge in [-0.05, 0) is 25.7 Å². The van der Waals surface area contributed by atoms with Gasteiger partial charge in [-0.1, -0.05) is 13.8 Å². The van der Waals surface area contributed by atoms with Crippen molar-refractivity contribution in [3.8, 4) is 0 Å². The summed E-state index contributed by atoms with van der Waals surface area (Å²) < 4.78 is 10.4. The highest BCUT2D eigenvalue weighted by atomic mass is 16.5. The number of nitrogens with one attached hydrogen (secondary N) is 1. The van der Waals surface area contributed by atoms with Crippen LogP contribution in [0.4, 0.5) is 0 Å². The molecule has 0 aliphatic carbocycles. The summed E-state index contributed by atoms with van der Waals surface area (Å²) in [7, 11) is 1.43. The Morgan fingerprint density at radius 1 is 1.53 bits per heavy atom. The zero-order valence-corrected chi connectivity index (χ0v) is 11.4. The molecule has 17 heavy (non-hydrogen) atoms. The van der Waals surface area contributed by atoms with Gasteiger partial charge in [-0.3, -0.25) is 4.79 Å². The second kappa shape index (κ2) is 6.97. The largest absolute Gasteiger partial charge is 0.469 e. The Labute approximate surface area is 104 Å². The monoisotopic (exact) mass is 243 g/mol. The Bertz CT molecular complexity index is 245. The summed E-state index contributed by atoms with van der Waals surface area (Å²) in [5.41, 5.74) is 0. The van der Waals surface area contributed by atoms with Crippen LogP contribution in [0.5, 0.6) is 0 Å². The van der Waals surface area contributed by atoms with Crippen molar-refractivity contribution >= 4 is 5.97 Å². The molecule has 4 heteroatoms. The zero-order valence-electron chi connectivity index (χ0n) is 11.4. The van der Waals surface area contributed by atoms with Crippen LogP contribution in [0.3, 0.4) is 0 Å². The smallest absolute Gasteiger partial charge is 0.309 e. The molecule has 1 heterocycles. The second-order valence-electron chi connectivity index (χ2n) is 4.88. The predicted molar refractivity (Wildman–Crippen MR) is 66.8 cm³/mol. The third-order valence-corrected chi connectivity index (χ3v) is 3.77. The third-order valence-electron chi connectivity index (χ3n) is 3.77. The molecule has 0 bridgehead atoms. The van der Waals surface area contributed by atoms with E-state index in [1.165, 1.54) is 7.11 Å². The van der Waals surface area contributed by atoms with Gasteiger partial charge >= 0.3 is 5.97 Å². The van der Waals surface area contributed by atoms with Crippen molar-refractivity contribution in [1.82, 2.24) is 5.32 Å². The molecule has 0 saturated carbocycles. The molecule has 0 aromatic heterocycles. The molecule has 1 rings (SSSR count). The predicted octanol–water partition coefficient (Wildman–Crippen LogP) is 1.59. The fourth-order valence-corrected chi connectivity index (χ4v) is 2.28. The number of esters is 1. The van der Waals surface area contributed by atoms with Gasteiger partial charge in [0.2, 0.25) is 0 Å². The Morgan fingerprint density at radius 3 is 2.82 bits per heavy atom. The van der Waals surface area contributed by atoms with Crippen molar-refractivity contribution < 1.29 is 14.3 Å². The van der Waals surface area contributed by atoms with Gasteiger partial charge in [0.05, 0.1) is 19.1 Å². The second-order valence-corrected chi connectivity index (χ2v) is 4.88. The van der Waals surface area contributed by atoms with E-state index in [9.17, 15) is 4.79 Å². The van der Waals surface area contributed by atoms with Gasteiger partial charge < -0.3 is 14.8 Å². The van der Waals surface area contributed by atoms with Gasteiger partial charge in [0.1, 0.15) is 0 Å². The lowest BCUT2D eigenvalue weighted by Gasteiger charge is -2.23. The number of rotatable bonds is 6. The van der Waals surface area contributed by atoms with Gasteiger partial charge in [-0.15, -0.1) is 0 Å². The summed E-state index contributed by atoms with van der Waals surface area (Å²) >= 11 is 0. The normalized spacial score (nSPS) is 27.8. The average molecular weight is 243 g/mol. The van der Waals surface area contributed by atoms with Crippen LogP contribution in [0.2, 0.25) is 0 Å². The summed E-state index contributed by atoms with van der Waals surface area (Å²) in [6.07, 6.45) is 2.56. The van der Waals surface area contributed by atoms with Crippen LogP contribution in [-0.4, -0.2) is 38.4 Å². The topological polar surface area (TPSA) is 47.6 Å². The highest BCUT2D eigenvalue weighted by Gasteiger charge is 2.28. The van der Waals surface area contributed by atoms with Crippen molar-refractivity contribution in [2.45, 2.75) is 45.8 Å². The van der Waals surface area contributed by atoms with E-state index in [4.69, 9.17) is 9.47 Å². The molecule has 0 aromatic carbocycles. The fourth-order valence-electron chi connectivity index (χ4n) is 2.28.